The average Bonchev–Trinajstić information content (AvgIpc) is 3.17. The Labute approximate surface area is 136 Å². The molecule has 0 saturated carbocycles. The van der Waals surface area contributed by atoms with Crippen LogP contribution in [0.15, 0.2) is 53.1 Å². The van der Waals surface area contributed by atoms with Crippen molar-refractivity contribution in [3.05, 3.63) is 59.8 Å². The minimum absolute atomic E-state index is 0.0833. The zero-order chi connectivity index (χ0) is 16.3. The topological polar surface area (TPSA) is 72.6 Å². The fourth-order valence-electron chi connectivity index (χ4n) is 3.36. The van der Waals surface area contributed by atoms with Crippen molar-refractivity contribution in [3.8, 4) is 16.9 Å². The van der Waals surface area contributed by atoms with E-state index in [9.17, 15) is 9.90 Å². The normalized spacial score (nSPS) is 13.4. The fourth-order valence-corrected chi connectivity index (χ4v) is 3.36. The van der Waals surface area contributed by atoms with Crippen LogP contribution in [0.25, 0.3) is 33.2 Å². The molecule has 116 valence electrons. The van der Waals surface area contributed by atoms with E-state index >= 15 is 0 Å². The predicted octanol–water partition coefficient (Wildman–Crippen LogP) is 4.02. The molecule has 5 rings (SSSR count). The number of rotatable bonds is 1. The van der Waals surface area contributed by atoms with Gasteiger partial charge in [-0.3, -0.25) is 0 Å². The number of esters is 1. The molecule has 1 aliphatic heterocycles. The van der Waals surface area contributed by atoms with Gasteiger partial charge in [0.2, 0.25) is 5.71 Å². The Hall–Kier alpha value is -3.34. The van der Waals surface area contributed by atoms with Gasteiger partial charge in [0, 0.05) is 17.3 Å². The third-order valence-electron chi connectivity index (χ3n) is 4.38. The third-order valence-corrected chi connectivity index (χ3v) is 4.38. The van der Waals surface area contributed by atoms with E-state index in [-0.39, 0.29) is 12.4 Å². The molecule has 3 heterocycles. The Bertz CT molecular complexity index is 1130. The van der Waals surface area contributed by atoms with E-state index in [0.29, 0.717) is 38.8 Å². The monoisotopic (exact) mass is 317 g/mol. The number of benzene rings is 2. The van der Waals surface area contributed by atoms with Crippen molar-refractivity contribution in [2.45, 2.75) is 6.61 Å². The molecule has 0 fully saturated rings. The predicted molar refractivity (Wildman–Crippen MR) is 87.7 cm³/mol. The van der Waals surface area contributed by atoms with Crippen molar-refractivity contribution in [1.29, 1.82) is 0 Å². The highest BCUT2D eigenvalue weighted by molar-refractivity contribution is 6.18. The molecule has 2 aromatic heterocycles. The van der Waals surface area contributed by atoms with E-state index in [1.165, 1.54) is 0 Å². The molecule has 0 bridgehead atoms. The highest BCUT2D eigenvalue weighted by atomic mass is 16.5. The van der Waals surface area contributed by atoms with Gasteiger partial charge in [0.1, 0.15) is 17.9 Å². The number of hydrogen-bond donors (Lipinski definition) is 1. The summed E-state index contributed by atoms with van der Waals surface area (Å²) in [5, 5.41) is 12.2. The summed E-state index contributed by atoms with van der Waals surface area (Å²) in [7, 11) is 0. The van der Waals surface area contributed by atoms with Crippen LogP contribution in [0.4, 0.5) is 0 Å². The summed E-state index contributed by atoms with van der Waals surface area (Å²) in [5.41, 5.74) is 3.17. The van der Waals surface area contributed by atoms with E-state index < -0.39 is 5.97 Å². The maximum Gasteiger partial charge on any atom is 0.342 e. The number of cyclic esters (lactones) is 1. The first-order chi connectivity index (χ1) is 11.8. The Morgan fingerprint density at radius 3 is 2.71 bits per heavy atom. The summed E-state index contributed by atoms with van der Waals surface area (Å²) in [6, 6.07) is 13.0. The van der Waals surface area contributed by atoms with Crippen LogP contribution < -0.4 is 0 Å². The molecule has 0 amide bonds. The van der Waals surface area contributed by atoms with Crippen LogP contribution in [0.1, 0.15) is 15.9 Å². The number of furan rings is 1. The van der Waals surface area contributed by atoms with Crippen molar-refractivity contribution in [1.82, 2.24) is 4.98 Å². The van der Waals surface area contributed by atoms with Gasteiger partial charge in [0.15, 0.2) is 5.58 Å². The highest BCUT2D eigenvalue weighted by Gasteiger charge is 2.33. The van der Waals surface area contributed by atoms with Gasteiger partial charge in [-0.05, 0) is 17.7 Å². The van der Waals surface area contributed by atoms with Gasteiger partial charge < -0.3 is 14.3 Å². The molecule has 5 nitrogen and oxygen atoms in total. The second-order valence-corrected chi connectivity index (χ2v) is 5.68. The van der Waals surface area contributed by atoms with Crippen molar-refractivity contribution in [2.75, 3.05) is 0 Å². The zero-order valence-corrected chi connectivity index (χ0v) is 12.4. The standard InChI is InChI=1S/C19H11NO4/c21-16-13(10-5-2-1-3-6-10)12-9-23-19(22)15(12)17-14(16)11-7-4-8-20-18(11)24-17/h1-8,21H,9H2. The number of hydrogen-bond acceptors (Lipinski definition) is 5. The summed E-state index contributed by atoms with van der Waals surface area (Å²) >= 11 is 0. The second-order valence-electron chi connectivity index (χ2n) is 5.68. The maximum absolute atomic E-state index is 12.3. The van der Waals surface area contributed by atoms with E-state index in [2.05, 4.69) is 4.98 Å². The van der Waals surface area contributed by atoms with Crippen molar-refractivity contribution >= 4 is 28.0 Å². The Balaban J connectivity index is 2.03. The van der Waals surface area contributed by atoms with Crippen molar-refractivity contribution < 1.29 is 19.1 Å². The smallest absolute Gasteiger partial charge is 0.342 e. The zero-order valence-electron chi connectivity index (χ0n) is 12.4. The van der Waals surface area contributed by atoms with Gasteiger partial charge in [0.05, 0.1) is 10.8 Å². The average molecular weight is 317 g/mol. The van der Waals surface area contributed by atoms with Gasteiger partial charge in [-0.15, -0.1) is 0 Å². The van der Waals surface area contributed by atoms with Crippen LogP contribution in [0.3, 0.4) is 0 Å². The van der Waals surface area contributed by atoms with Gasteiger partial charge in [0.25, 0.3) is 0 Å². The quantitative estimate of drug-likeness (QED) is 0.537. The van der Waals surface area contributed by atoms with E-state index in [4.69, 9.17) is 9.15 Å². The molecule has 0 aliphatic carbocycles. The summed E-state index contributed by atoms with van der Waals surface area (Å²) < 4.78 is 11.0. The molecule has 1 N–H and O–H groups in total. The fraction of sp³-hybridized carbons (Fsp3) is 0.0526. The Morgan fingerprint density at radius 2 is 1.88 bits per heavy atom. The van der Waals surface area contributed by atoms with Crippen molar-refractivity contribution in [3.63, 3.8) is 0 Å². The third kappa shape index (κ3) is 1.58. The van der Waals surface area contributed by atoms with Gasteiger partial charge >= 0.3 is 5.97 Å². The molecule has 0 spiro atoms. The molecule has 2 aromatic carbocycles. The summed E-state index contributed by atoms with van der Waals surface area (Å²) in [5.74, 6) is -0.355. The molecular formula is C19H11NO4. The summed E-state index contributed by atoms with van der Waals surface area (Å²) in [6.07, 6.45) is 1.61. The molecule has 5 heteroatoms. The molecule has 24 heavy (non-hydrogen) atoms. The number of fused-ring (bicyclic) bond motifs is 5. The number of pyridine rings is 1. The highest BCUT2D eigenvalue weighted by Crippen LogP contribution is 2.47. The number of carbonyl (C=O) groups excluding carboxylic acids is 1. The molecule has 0 radical (unpaired) electrons. The largest absolute Gasteiger partial charge is 0.506 e. The lowest BCUT2D eigenvalue weighted by molar-refractivity contribution is 0.0536. The van der Waals surface area contributed by atoms with Crippen LogP contribution in [0.5, 0.6) is 5.75 Å². The SMILES string of the molecule is O=C1OCc2c(-c3ccccc3)c(O)c3c(oc4ncccc43)c21. The molecule has 0 saturated heterocycles. The van der Waals surface area contributed by atoms with Crippen LogP contribution in [-0.2, 0) is 11.3 Å². The lowest BCUT2D eigenvalue weighted by Crippen LogP contribution is -1.96. The minimum atomic E-state index is -0.439. The molecular weight excluding hydrogens is 306 g/mol. The number of carbonyl (C=O) groups is 1. The minimum Gasteiger partial charge on any atom is -0.506 e. The number of nitrogens with zero attached hydrogens (tertiary/aromatic N) is 1. The number of phenolic OH excluding ortho intramolecular Hbond substituents is 1. The van der Waals surface area contributed by atoms with Crippen LogP contribution in [0, 0.1) is 0 Å². The number of aromatic hydroxyl groups is 1. The van der Waals surface area contributed by atoms with Gasteiger partial charge in [-0.25, -0.2) is 9.78 Å². The second kappa shape index (κ2) is 4.58. The molecule has 4 aromatic rings. The van der Waals surface area contributed by atoms with E-state index in [0.717, 1.165) is 5.56 Å². The van der Waals surface area contributed by atoms with Crippen LogP contribution in [-0.4, -0.2) is 16.1 Å². The Morgan fingerprint density at radius 1 is 1.04 bits per heavy atom. The summed E-state index contributed by atoms with van der Waals surface area (Å²) in [6.45, 7) is 0.117. The molecule has 1 aliphatic rings. The van der Waals surface area contributed by atoms with Gasteiger partial charge in [-0.2, -0.15) is 0 Å². The van der Waals surface area contributed by atoms with E-state index in [1.54, 1.807) is 12.3 Å². The maximum atomic E-state index is 12.3. The Kier molecular flexibility index (Phi) is 2.51. The summed E-state index contributed by atoms with van der Waals surface area (Å²) in [4.78, 5) is 16.4. The van der Waals surface area contributed by atoms with Crippen LogP contribution >= 0.6 is 0 Å². The number of ether oxygens (including phenoxy) is 1. The van der Waals surface area contributed by atoms with Crippen LogP contribution in [0.2, 0.25) is 0 Å². The number of aromatic nitrogens is 1. The number of phenols is 1. The lowest BCUT2D eigenvalue weighted by atomic mass is 9.93. The lowest BCUT2D eigenvalue weighted by Gasteiger charge is -2.10. The molecule has 0 unspecified atom stereocenters. The first kappa shape index (κ1) is 13.1. The van der Waals surface area contributed by atoms with Crippen molar-refractivity contribution in [2.24, 2.45) is 0 Å². The first-order valence-corrected chi connectivity index (χ1v) is 7.53. The van der Waals surface area contributed by atoms with Gasteiger partial charge in [-0.1, -0.05) is 30.3 Å². The van der Waals surface area contributed by atoms with E-state index in [1.807, 2.05) is 36.4 Å². The first-order valence-electron chi connectivity index (χ1n) is 7.53. The molecule has 0 atom stereocenters.